The summed E-state index contributed by atoms with van der Waals surface area (Å²) in [6.45, 7) is 4.13. The van der Waals surface area contributed by atoms with Gasteiger partial charge in [0.05, 0.1) is 38.5 Å². The molecule has 1 N–H and O–H groups in total. The van der Waals surface area contributed by atoms with E-state index in [-0.39, 0.29) is 5.91 Å². The molecule has 7 heteroatoms. The second kappa shape index (κ2) is 6.99. The summed E-state index contributed by atoms with van der Waals surface area (Å²) < 4.78 is 13.1. The van der Waals surface area contributed by atoms with Crippen molar-refractivity contribution in [1.82, 2.24) is 14.7 Å². The van der Waals surface area contributed by atoms with E-state index in [1.165, 1.54) is 0 Å². The van der Waals surface area contributed by atoms with Crippen LogP contribution in [0, 0.1) is 0 Å². The van der Waals surface area contributed by atoms with Gasteiger partial charge >= 0.3 is 0 Å². The van der Waals surface area contributed by atoms with Crippen molar-refractivity contribution in [3.63, 3.8) is 0 Å². The third kappa shape index (κ3) is 3.39. The zero-order chi connectivity index (χ0) is 18.1. The van der Waals surface area contributed by atoms with Gasteiger partial charge in [-0.05, 0) is 24.1 Å². The average Bonchev–Trinajstić information content (AvgIpc) is 3.35. The topological polar surface area (TPSA) is 76.8 Å². The van der Waals surface area contributed by atoms with E-state index in [1.54, 1.807) is 22.0 Å². The molecule has 0 aliphatic carbocycles. The van der Waals surface area contributed by atoms with Gasteiger partial charge in [0.2, 0.25) is 5.91 Å². The maximum Gasteiger partial charge on any atom is 0.227 e. The van der Waals surface area contributed by atoms with Gasteiger partial charge in [0, 0.05) is 13.0 Å². The van der Waals surface area contributed by atoms with Gasteiger partial charge in [-0.2, -0.15) is 5.10 Å². The van der Waals surface area contributed by atoms with E-state index in [1.807, 2.05) is 25.1 Å². The molecule has 0 unspecified atom stereocenters. The molecule has 0 bridgehead atoms. The van der Waals surface area contributed by atoms with Gasteiger partial charge in [-0.25, -0.2) is 0 Å². The predicted molar refractivity (Wildman–Crippen MR) is 94.2 cm³/mol. The molecule has 0 saturated carbocycles. The summed E-state index contributed by atoms with van der Waals surface area (Å²) in [5.74, 6) is 1.53. The second-order valence-corrected chi connectivity index (χ2v) is 6.77. The van der Waals surface area contributed by atoms with E-state index in [9.17, 15) is 9.90 Å². The summed E-state index contributed by atoms with van der Waals surface area (Å²) in [5.41, 5.74) is 2.13. The molecular weight excluding hydrogens is 334 g/mol. The highest BCUT2D eigenvalue weighted by atomic mass is 16.5. The van der Waals surface area contributed by atoms with Gasteiger partial charge in [-0.15, -0.1) is 0 Å². The van der Waals surface area contributed by atoms with Crippen LogP contribution in [0.4, 0.5) is 0 Å². The van der Waals surface area contributed by atoms with Gasteiger partial charge in [-0.3, -0.25) is 9.48 Å². The van der Waals surface area contributed by atoms with Gasteiger partial charge < -0.3 is 19.5 Å². The Hall–Kier alpha value is -2.54. The van der Waals surface area contributed by atoms with Crippen molar-refractivity contribution in [3.05, 3.63) is 41.7 Å². The van der Waals surface area contributed by atoms with Gasteiger partial charge in [-0.1, -0.05) is 12.1 Å². The Kier molecular flexibility index (Phi) is 4.55. The molecule has 2 aliphatic heterocycles. The number of ether oxygens (including phenoxy) is 2. The molecular formula is C19H23N3O4. The number of nitrogens with zero attached hydrogens (tertiary/aromatic N) is 3. The molecule has 2 aromatic rings. The maximum atomic E-state index is 12.6. The summed E-state index contributed by atoms with van der Waals surface area (Å²) >= 11 is 0. The van der Waals surface area contributed by atoms with Crippen LogP contribution in [0.1, 0.15) is 18.1 Å². The largest absolute Gasteiger partial charge is 0.493 e. The van der Waals surface area contributed by atoms with Crippen molar-refractivity contribution in [1.29, 1.82) is 0 Å². The molecule has 2 atom stereocenters. The van der Waals surface area contributed by atoms with E-state index < -0.39 is 12.2 Å². The summed E-state index contributed by atoms with van der Waals surface area (Å²) in [7, 11) is 0. The highest BCUT2D eigenvalue weighted by Gasteiger charge is 2.35. The highest BCUT2D eigenvalue weighted by Crippen LogP contribution is 2.26. The minimum atomic E-state index is -0.697. The number of hydrogen-bond donors (Lipinski definition) is 1. The van der Waals surface area contributed by atoms with E-state index in [0.717, 1.165) is 29.8 Å². The molecule has 1 amide bonds. The van der Waals surface area contributed by atoms with Crippen molar-refractivity contribution in [2.75, 3.05) is 19.7 Å². The Morgan fingerprint density at radius 2 is 2.31 bits per heavy atom. The van der Waals surface area contributed by atoms with Gasteiger partial charge in [0.25, 0.3) is 0 Å². The van der Waals surface area contributed by atoms with Crippen molar-refractivity contribution < 1.29 is 19.4 Å². The number of carbonyl (C=O) groups excluding carboxylic acids is 1. The minimum Gasteiger partial charge on any atom is -0.493 e. The second-order valence-electron chi connectivity index (χ2n) is 6.77. The number of aromatic nitrogens is 2. The highest BCUT2D eigenvalue weighted by molar-refractivity contribution is 5.79. The number of amides is 1. The Morgan fingerprint density at radius 1 is 1.42 bits per heavy atom. The molecule has 1 aromatic heterocycles. The number of carbonyl (C=O) groups is 1. The summed E-state index contributed by atoms with van der Waals surface area (Å²) in [6.07, 6.45) is 3.51. The molecule has 3 heterocycles. The first kappa shape index (κ1) is 16.9. The van der Waals surface area contributed by atoms with Gasteiger partial charge in [0.1, 0.15) is 18.0 Å². The van der Waals surface area contributed by atoms with E-state index in [4.69, 9.17) is 9.47 Å². The standard InChI is InChI=1S/C19H23N3O4/c1-2-22-10-15(9-20-22)26-18-12-21(11-16(18)23)19(24)8-13-3-4-17-14(7-13)5-6-25-17/h3-4,7,9-10,16,18,23H,2,5-6,8,11-12H2,1H3/t16-,18-/m1/s1. The van der Waals surface area contributed by atoms with E-state index >= 15 is 0 Å². The molecule has 138 valence electrons. The third-order valence-electron chi connectivity index (χ3n) is 4.92. The van der Waals surface area contributed by atoms with Crippen molar-refractivity contribution in [2.24, 2.45) is 0 Å². The molecule has 1 saturated heterocycles. The van der Waals surface area contributed by atoms with Crippen LogP contribution < -0.4 is 9.47 Å². The lowest BCUT2D eigenvalue weighted by Crippen LogP contribution is -2.32. The Balaban J connectivity index is 1.36. The van der Waals surface area contributed by atoms with Crippen LogP contribution in [0.15, 0.2) is 30.6 Å². The zero-order valence-electron chi connectivity index (χ0n) is 14.8. The molecule has 4 rings (SSSR count). The summed E-state index contributed by atoms with van der Waals surface area (Å²) in [6, 6.07) is 5.91. The number of rotatable bonds is 5. The Morgan fingerprint density at radius 3 is 3.12 bits per heavy atom. The number of likely N-dealkylation sites (tertiary alicyclic amines) is 1. The normalized spacial score (nSPS) is 21.5. The molecule has 1 fully saturated rings. The monoisotopic (exact) mass is 357 g/mol. The van der Waals surface area contributed by atoms with Crippen LogP contribution in [0.5, 0.6) is 11.5 Å². The smallest absolute Gasteiger partial charge is 0.227 e. The van der Waals surface area contributed by atoms with E-state index in [0.29, 0.717) is 31.9 Å². The fourth-order valence-corrected chi connectivity index (χ4v) is 3.47. The average molecular weight is 357 g/mol. The van der Waals surface area contributed by atoms with Gasteiger partial charge in [0.15, 0.2) is 5.75 Å². The Labute approximate surface area is 152 Å². The first-order valence-corrected chi connectivity index (χ1v) is 9.02. The number of aliphatic hydroxyl groups is 1. The van der Waals surface area contributed by atoms with Crippen LogP contribution in [-0.2, 0) is 24.2 Å². The first-order valence-electron chi connectivity index (χ1n) is 9.02. The van der Waals surface area contributed by atoms with Crippen molar-refractivity contribution in [3.8, 4) is 11.5 Å². The molecule has 0 spiro atoms. The fourth-order valence-electron chi connectivity index (χ4n) is 3.47. The number of β-amino-alcohol motifs (C(OH)–C–C–N with tert-alkyl or cyclic N) is 1. The summed E-state index contributed by atoms with van der Waals surface area (Å²) in [4.78, 5) is 14.3. The number of aliphatic hydroxyl groups excluding tert-OH is 1. The predicted octanol–water partition coefficient (Wildman–Crippen LogP) is 1.03. The first-order chi connectivity index (χ1) is 12.6. The molecule has 26 heavy (non-hydrogen) atoms. The van der Waals surface area contributed by atoms with Crippen LogP contribution in [-0.4, -0.2) is 57.6 Å². The van der Waals surface area contributed by atoms with Crippen LogP contribution in [0.3, 0.4) is 0 Å². The maximum absolute atomic E-state index is 12.6. The molecule has 7 nitrogen and oxygen atoms in total. The molecule has 2 aliphatic rings. The fraction of sp³-hybridized carbons (Fsp3) is 0.474. The third-order valence-corrected chi connectivity index (χ3v) is 4.92. The zero-order valence-corrected chi connectivity index (χ0v) is 14.8. The van der Waals surface area contributed by atoms with Crippen LogP contribution >= 0.6 is 0 Å². The number of hydrogen-bond acceptors (Lipinski definition) is 5. The number of aryl methyl sites for hydroxylation is 1. The minimum absolute atomic E-state index is 0.00160. The number of benzene rings is 1. The van der Waals surface area contributed by atoms with Crippen molar-refractivity contribution >= 4 is 5.91 Å². The number of fused-ring (bicyclic) bond motifs is 1. The SMILES string of the molecule is CCn1cc(O[C@@H]2CN(C(=O)Cc3ccc4c(c3)CCO4)C[C@H]2O)cn1. The van der Waals surface area contributed by atoms with Crippen LogP contribution in [0.25, 0.3) is 0 Å². The molecule has 1 aromatic carbocycles. The van der Waals surface area contributed by atoms with Crippen LogP contribution in [0.2, 0.25) is 0 Å². The lowest BCUT2D eigenvalue weighted by molar-refractivity contribution is -0.129. The lowest BCUT2D eigenvalue weighted by Gasteiger charge is -2.16. The Bertz CT molecular complexity index is 804. The summed E-state index contributed by atoms with van der Waals surface area (Å²) in [5, 5.41) is 14.4. The molecule has 0 radical (unpaired) electrons. The van der Waals surface area contributed by atoms with Crippen molar-refractivity contribution in [2.45, 2.75) is 38.5 Å². The van der Waals surface area contributed by atoms with E-state index in [2.05, 4.69) is 5.10 Å². The lowest BCUT2D eigenvalue weighted by atomic mass is 10.1. The quantitative estimate of drug-likeness (QED) is 0.865.